The lowest BCUT2D eigenvalue weighted by molar-refractivity contribution is 0.0874. The van der Waals surface area contributed by atoms with E-state index >= 15 is 0 Å². The van der Waals surface area contributed by atoms with Crippen LogP contribution in [0.25, 0.3) is 10.3 Å². The molecule has 3 rings (SSSR count). The van der Waals surface area contributed by atoms with Crippen molar-refractivity contribution in [3.63, 3.8) is 0 Å². The number of rotatable bonds is 6. The minimum absolute atomic E-state index is 0.104. The highest BCUT2D eigenvalue weighted by atomic mass is 35.5. The molecule has 30 heavy (non-hydrogen) atoms. The van der Waals surface area contributed by atoms with Crippen LogP contribution in [0.15, 0.2) is 24.3 Å². The largest absolute Gasteiger partial charge is 0.394 e. The third kappa shape index (κ3) is 4.62. The summed E-state index contributed by atoms with van der Waals surface area (Å²) in [6, 6.07) is 5.72. The average molecular weight is 452 g/mol. The molecule has 0 aliphatic carbocycles. The van der Waals surface area contributed by atoms with Crippen LogP contribution in [0.5, 0.6) is 0 Å². The van der Waals surface area contributed by atoms with Gasteiger partial charge in [0.25, 0.3) is 11.8 Å². The van der Waals surface area contributed by atoms with Gasteiger partial charge in [0, 0.05) is 10.6 Å². The normalized spacial score (nSPS) is 11.8. The maximum absolute atomic E-state index is 12.7. The highest BCUT2D eigenvalue weighted by Gasteiger charge is 2.28. The Morgan fingerprint density at radius 2 is 1.93 bits per heavy atom. The van der Waals surface area contributed by atoms with Crippen molar-refractivity contribution < 1.29 is 19.8 Å². The Kier molecular flexibility index (Phi) is 6.41. The van der Waals surface area contributed by atoms with Gasteiger partial charge in [-0.15, -0.1) is 0 Å². The number of halogens is 1. The molecule has 0 atom stereocenters. The number of carbonyl (C=O) groups excluding carboxylic acids is 2. The van der Waals surface area contributed by atoms with Crippen LogP contribution in [0.2, 0.25) is 5.02 Å². The van der Waals surface area contributed by atoms with Crippen molar-refractivity contribution in [2.75, 3.05) is 18.5 Å². The summed E-state index contributed by atoms with van der Waals surface area (Å²) in [5, 5.41) is 28.9. The number of carbonyl (C=O) groups is 2. The van der Waals surface area contributed by atoms with Gasteiger partial charge in [0.15, 0.2) is 16.5 Å². The molecule has 160 valence electrons. The van der Waals surface area contributed by atoms with Crippen LogP contribution >= 0.6 is 22.9 Å². The van der Waals surface area contributed by atoms with E-state index in [1.54, 1.807) is 28.9 Å². The molecule has 9 nitrogen and oxygen atoms in total. The molecule has 2 heterocycles. The van der Waals surface area contributed by atoms with E-state index in [0.717, 1.165) is 11.3 Å². The number of nitrogens with zero attached hydrogens (tertiary/aromatic N) is 3. The van der Waals surface area contributed by atoms with Crippen molar-refractivity contribution in [3.05, 3.63) is 40.5 Å². The van der Waals surface area contributed by atoms with Crippen molar-refractivity contribution in [3.8, 4) is 0 Å². The van der Waals surface area contributed by atoms with Crippen molar-refractivity contribution in [1.29, 1.82) is 0 Å². The first-order valence-electron chi connectivity index (χ1n) is 9.13. The molecular formula is C19H22ClN5O4S. The van der Waals surface area contributed by atoms with Crippen LogP contribution in [-0.2, 0) is 5.54 Å². The van der Waals surface area contributed by atoms with E-state index in [2.05, 4.69) is 20.7 Å². The molecule has 0 bridgehead atoms. The molecule has 0 saturated carbocycles. The van der Waals surface area contributed by atoms with Gasteiger partial charge in [0.05, 0.1) is 24.8 Å². The quantitative estimate of drug-likeness (QED) is 0.454. The topological polar surface area (TPSA) is 129 Å². The molecule has 0 radical (unpaired) electrons. The molecule has 4 N–H and O–H groups in total. The molecule has 0 saturated heterocycles. The molecule has 2 amide bonds. The minimum atomic E-state index is -0.803. The van der Waals surface area contributed by atoms with E-state index in [1.807, 2.05) is 20.8 Å². The number of benzene rings is 1. The molecule has 0 fully saturated rings. The summed E-state index contributed by atoms with van der Waals surface area (Å²) < 4.78 is 2.09. The van der Waals surface area contributed by atoms with E-state index in [-0.39, 0.29) is 11.6 Å². The minimum Gasteiger partial charge on any atom is -0.394 e. The van der Waals surface area contributed by atoms with Crippen LogP contribution in [0.4, 0.5) is 5.13 Å². The van der Waals surface area contributed by atoms with Gasteiger partial charge in [-0.1, -0.05) is 29.0 Å². The lowest BCUT2D eigenvalue weighted by Gasteiger charge is -2.19. The van der Waals surface area contributed by atoms with Crippen LogP contribution in [0.3, 0.4) is 0 Å². The third-order valence-electron chi connectivity index (χ3n) is 4.16. The summed E-state index contributed by atoms with van der Waals surface area (Å²) in [5.41, 5.74) is 0.453. The van der Waals surface area contributed by atoms with E-state index in [9.17, 15) is 19.8 Å². The standard InChI is InChI=1S/C19H22ClN5O4S/c1-19(2,3)25-15-14(13(24-25)17(29)21-12(8-26)9-27)30-18(22-15)23-16(28)10-5-4-6-11(20)7-10/h4-7,12,26-27H,8-9H2,1-3H3,(H,21,29)(H,22,23,28). The Balaban J connectivity index is 1.98. The first kappa shape index (κ1) is 22.2. The molecule has 0 aliphatic rings. The van der Waals surface area contributed by atoms with E-state index < -0.39 is 30.7 Å². The summed E-state index contributed by atoms with van der Waals surface area (Å²) in [7, 11) is 0. The van der Waals surface area contributed by atoms with Gasteiger partial charge in [0.2, 0.25) is 0 Å². The van der Waals surface area contributed by atoms with Crippen LogP contribution in [0.1, 0.15) is 41.6 Å². The lowest BCUT2D eigenvalue weighted by Crippen LogP contribution is -2.40. The molecule has 11 heteroatoms. The SMILES string of the molecule is CC(C)(C)n1nc(C(=O)NC(CO)CO)c2sc(NC(=O)c3cccc(Cl)c3)nc21. The number of thiazole rings is 1. The van der Waals surface area contributed by atoms with Gasteiger partial charge in [-0.25, -0.2) is 4.68 Å². The molecular weight excluding hydrogens is 430 g/mol. The Hall–Kier alpha value is -2.53. The first-order valence-corrected chi connectivity index (χ1v) is 10.3. The summed E-state index contributed by atoms with van der Waals surface area (Å²) in [6.45, 7) is 4.92. The number of nitrogens with one attached hydrogen (secondary N) is 2. The van der Waals surface area contributed by atoms with Crippen LogP contribution < -0.4 is 10.6 Å². The Morgan fingerprint density at radius 1 is 1.23 bits per heavy atom. The monoisotopic (exact) mass is 451 g/mol. The predicted octanol–water partition coefficient (Wildman–Crippen LogP) is 2.24. The Labute approximate surface area is 181 Å². The van der Waals surface area contributed by atoms with Crippen LogP contribution in [-0.4, -0.2) is 56.0 Å². The summed E-state index contributed by atoms with van der Waals surface area (Å²) in [6.07, 6.45) is 0. The van der Waals surface area contributed by atoms with E-state index in [0.29, 0.717) is 26.1 Å². The molecule has 0 aliphatic heterocycles. The van der Waals surface area contributed by atoms with Crippen LogP contribution in [0, 0.1) is 0 Å². The zero-order valence-electron chi connectivity index (χ0n) is 16.6. The zero-order chi connectivity index (χ0) is 22.1. The number of hydrogen-bond donors (Lipinski definition) is 4. The number of hydrogen-bond acceptors (Lipinski definition) is 7. The van der Waals surface area contributed by atoms with E-state index in [1.165, 1.54) is 0 Å². The lowest BCUT2D eigenvalue weighted by atomic mass is 10.1. The fourth-order valence-electron chi connectivity index (χ4n) is 2.67. The second kappa shape index (κ2) is 8.68. The van der Waals surface area contributed by atoms with Gasteiger partial charge in [-0.3, -0.25) is 14.9 Å². The third-order valence-corrected chi connectivity index (χ3v) is 5.36. The summed E-state index contributed by atoms with van der Waals surface area (Å²) in [4.78, 5) is 29.7. The second-order valence-corrected chi connectivity index (χ2v) is 9.04. The molecule has 1 aromatic carbocycles. The van der Waals surface area contributed by atoms with Gasteiger partial charge in [-0.2, -0.15) is 10.1 Å². The first-order chi connectivity index (χ1) is 14.1. The number of aromatic nitrogens is 3. The van der Waals surface area contributed by atoms with Gasteiger partial charge < -0.3 is 15.5 Å². The Morgan fingerprint density at radius 3 is 2.53 bits per heavy atom. The van der Waals surface area contributed by atoms with E-state index in [4.69, 9.17) is 11.6 Å². The van der Waals surface area contributed by atoms with Gasteiger partial charge in [-0.05, 0) is 39.0 Å². The molecule has 2 aromatic heterocycles. The number of aliphatic hydroxyl groups is 2. The molecule has 0 unspecified atom stereocenters. The van der Waals surface area contributed by atoms with Crippen molar-refractivity contribution in [1.82, 2.24) is 20.1 Å². The van der Waals surface area contributed by atoms with Crippen molar-refractivity contribution in [2.45, 2.75) is 32.4 Å². The fraction of sp³-hybridized carbons (Fsp3) is 0.368. The average Bonchev–Trinajstić information content (AvgIpc) is 3.23. The molecule has 3 aromatic rings. The number of aliphatic hydroxyl groups excluding tert-OH is 2. The zero-order valence-corrected chi connectivity index (χ0v) is 18.2. The predicted molar refractivity (Wildman–Crippen MR) is 115 cm³/mol. The second-order valence-electron chi connectivity index (χ2n) is 7.60. The Bertz CT molecular complexity index is 1080. The van der Waals surface area contributed by atoms with Gasteiger partial charge in [0.1, 0.15) is 4.70 Å². The van der Waals surface area contributed by atoms with Crippen molar-refractivity contribution >= 4 is 50.2 Å². The number of anilines is 1. The summed E-state index contributed by atoms with van der Waals surface area (Å²) in [5.74, 6) is -0.928. The summed E-state index contributed by atoms with van der Waals surface area (Å²) >= 11 is 7.06. The van der Waals surface area contributed by atoms with Gasteiger partial charge >= 0.3 is 0 Å². The van der Waals surface area contributed by atoms with Crippen molar-refractivity contribution in [2.24, 2.45) is 0 Å². The number of amides is 2. The molecule has 0 spiro atoms. The fourth-order valence-corrected chi connectivity index (χ4v) is 3.79. The highest BCUT2D eigenvalue weighted by Crippen LogP contribution is 2.32. The highest BCUT2D eigenvalue weighted by molar-refractivity contribution is 7.22. The maximum atomic E-state index is 12.7. The maximum Gasteiger partial charge on any atom is 0.273 e. The smallest absolute Gasteiger partial charge is 0.273 e. The number of fused-ring (bicyclic) bond motifs is 1.